The van der Waals surface area contributed by atoms with Gasteiger partial charge in [-0.05, 0) is 25.5 Å². The van der Waals surface area contributed by atoms with Gasteiger partial charge in [-0.1, -0.05) is 31.0 Å². The minimum atomic E-state index is -3.95. The van der Waals surface area contributed by atoms with Crippen LogP contribution >= 0.6 is 0 Å². The third-order valence-electron chi connectivity index (χ3n) is 2.56. The Hall–Kier alpha value is -1.44. The van der Waals surface area contributed by atoms with E-state index >= 15 is 0 Å². The van der Waals surface area contributed by atoms with Gasteiger partial charge < -0.3 is 9.84 Å². The second-order valence-electron chi connectivity index (χ2n) is 4.36. The van der Waals surface area contributed by atoms with Crippen molar-refractivity contribution in [1.29, 1.82) is 0 Å². The van der Waals surface area contributed by atoms with Gasteiger partial charge in [0, 0.05) is 0 Å². The molecular weight excluding hydrogens is 282 g/mol. The van der Waals surface area contributed by atoms with Crippen molar-refractivity contribution in [3.8, 4) is 0 Å². The zero-order valence-electron chi connectivity index (χ0n) is 11.5. The summed E-state index contributed by atoms with van der Waals surface area (Å²) in [6.07, 6.45) is -0.417. The van der Waals surface area contributed by atoms with Gasteiger partial charge in [-0.2, -0.15) is 4.72 Å². The quantitative estimate of drug-likeness (QED) is 0.444. The van der Waals surface area contributed by atoms with Crippen LogP contribution in [-0.2, 0) is 19.6 Å². The minimum absolute atomic E-state index is 0.0245. The van der Waals surface area contributed by atoms with E-state index in [0.29, 0.717) is 6.42 Å². The van der Waals surface area contributed by atoms with E-state index in [9.17, 15) is 18.3 Å². The van der Waals surface area contributed by atoms with E-state index in [4.69, 9.17) is 4.74 Å². The Bertz CT molecular complexity index is 538. The number of sulfonamides is 1. The number of aryl methyl sites for hydroxylation is 1. The largest absolute Gasteiger partial charge is 0.463 e. The maximum atomic E-state index is 11.9. The second-order valence-corrected chi connectivity index (χ2v) is 6.07. The number of aliphatic hydroxyl groups is 1. The van der Waals surface area contributed by atoms with E-state index in [-0.39, 0.29) is 11.5 Å². The lowest BCUT2D eigenvalue weighted by Gasteiger charge is -2.12. The average molecular weight is 301 g/mol. The van der Waals surface area contributed by atoms with Crippen LogP contribution in [-0.4, -0.2) is 32.3 Å². The number of ether oxygens (including phenoxy) is 1. The molecule has 0 aliphatic heterocycles. The molecule has 0 radical (unpaired) electrons. The Morgan fingerprint density at radius 1 is 1.35 bits per heavy atom. The molecule has 0 bridgehead atoms. The highest BCUT2D eigenvalue weighted by Crippen LogP contribution is 2.10. The van der Waals surface area contributed by atoms with E-state index in [1.54, 1.807) is 12.1 Å². The molecule has 0 fully saturated rings. The Morgan fingerprint density at radius 2 is 1.95 bits per heavy atom. The molecule has 1 rings (SSSR count). The van der Waals surface area contributed by atoms with Gasteiger partial charge >= 0.3 is 5.97 Å². The molecule has 1 aromatic rings. The third kappa shape index (κ3) is 4.92. The number of benzene rings is 1. The fraction of sp³-hybridized carbons (Fsp3) is 0.462. The molecule has 0 aromatic heterocycles. The normalized spacial score (nSPS) is 12.9. The standard InChI is InChI=1S/C13H19NO5S/c1-3-4-9-19-13(16)12(15)14-20(17,18)11-7-5-10(2)6-8-11/h5-8,12,14-15H,3-4,9H2,1-2H3. The maximum Gasteiger partial charge on any atom is 0.351 e. The van der Waals surface area contributed by atoms with Gasteiger partial charge in [0.25, 0.3) is 0 Å². The first-order valence-electron chi connectivity index (χ1n) is 6.30. The summed E-state index contributed by atoms with van der Waals surface area (Å²) in [6.45, 7) is 3.90. The van der Waals surface area contributed by atoms with E-state index in [0.717, 1.165) is 12.0 Å². The summed E-state index contributed by atoms with van der Waals surface area (Å²) in [5.41, 5.74) is 0.906. The van der Waals surface area contributed by atoms with Crippen LogP contribution in [0.25, 0.3) is 0 Å². The molecule has 7 heteroatoms. The molecular formula is C13H19NO5S. The first kappa shape index (κ1) is 16.6. The molecule has 0 aliphatic carbocycles. The van der Waals surface area contributed by atoms with Crippen molar-refractivity contribution in [2.75, 3.05) is 6.61 Å². The predicted molar refractivity (Wildman–Crippen MR) is 73.4 cm³/mol. The van der Waals surface area contributed by atoms with Crippen molar-refractivity contribution in [2.45, 2.75) is 37.8 Å². The van der Waals surface area contributed by atoms with Crippen LogP contribution in [0.4, 0.5) is 0 Å². The summed E-state index contributed by atoms with van der Waals surface area (Å²) in [5.74, 6) is -1.01. The topological polar surface area (TPSA) is 92.7 Å². The number of carbonyl (C=O) groups is 1. The lowest BCUT2D eigenvalue weighted by atomic mass is 10.2. The molecule has 0 saturated heterocycles. The van der Waals surface area contributed by atoms with E-state index in [1.807, 2.05) is 18.6 Å². The summed E-state index contributed by atoms with van der Waals surface area (Å²) >= 11 is 0. The SMILES string of the molecule is CCCCOC(=O)C(O)NS(=O)(=O)c1ccc(C)cc1. The Kier molecular flexibility index (Phi) is 6.12. The van der Waals surface area contributed by atoms with E-state index in [1.165, 1.54) is 12.1 Å². The first-order valence-corrected chi connectivity index (χ1v) is 7.79. The zero-order chi connectivity index (χ0) is 15.2. The maximum absolute atomic E-state index is 11.9. The molecule has 0 spiro atoms. The molecule has 1 aromatic carbocycles. The summed E-state index contributed by atoms with van der Waals surface area (Å²) in [4.78, 5) is 11.4. The Morgan fingerprint density at radius 3 is 2.50 bits per heavy atom. The number of esters is 1. The molecule has 0 amide bonds. The zero-order valence-corrected chi connectivity index (χ0v) is 12.3. The van der Waals surface area contributed by atoms with Crippen molar-refractivity contribution < 1.29 is 23.1 Å². The Balaban J connectivity index is 2.66. The summed E-state index contributed by atoms with van der Waals surface area (Å²) in [6, 6.07) is 6.04. The van der Waals surface area contributed by atoms with Gasteiger partial charge in [0.2, 0.25) is 16.3 Å². The number of hydrogen-bond donors (Lipinski definition) is 2. The molecule has 1 unspecified atom stereocenters. The molecule has 1 atom stereocenters. The highest BCUT2D eigenvalue weighted by molar-refractivity contribution is 7.89. The van der Waals surface area contributed by atoms with Crippen molar-refractivity contribution in [3.05, 3.63) is 29.8 Å². The molecule has 0 aliphatic rings. The fourth-order valence-corrected chi connectivity index (χ4v) is 2.40. The predicted octanol–water partition coefficient (Wildman–Crippen LogP) is 0.935. The van der Waals surface area contributed by atoms with Crippen LogP contribution in [0.1, 0.15) is 25.3 Å². The lowest BCUT2D eigenvalue weighted by Crippen LogP contribution is -2.41. The van der Waals surface area contributed by atoms with Crippen LogP contribution < -0.4 is 4.72 Å². The molecule has 0 saturated carbocycles. The second kappa shape index (κ2) is 7.37. The molecule has 2 N–H and O–H groups in total. The van der Waals surface area contributed by atoms with Crippen molar-refractivity contribution in [2.24, 2.45) is 0 Å². The van der Waals surface area contributed by atoms with Gasteiger partial charge in [-0.15, -0.1) is 0 Å². The van der Waals surface area contributed by atoms with Crippen LogP contribution in [0.5, 0.6) is 0 Å². The lowest BCUT2D eigenvalue weighted by molar-refractivity contribution is -0.154. The number of unbranched alkanes of at least 4 members (excludes halogenated alkanes) is 1. The number of carbonyl (C=O) groups excluding carboxylic acids is 1. The Labute approximate surface area is 118 Å². The van der Waals surface area contributed by atoms with Gasteiger partial charge in [0.15, 0.2) is 0 Å². The van der Waals surface area contributed by atoms with Crippen LogP contribution in [0.15, 0.2) is 29.2 Å². The number of aliphatic hydroxyl groups excluding tert-OH is 1. The number of rotatable bonds is 7. The number of nitrogens with one attached hydrogen (secondary N) is 1. The van der Waals surface area contributed by atoms with E-state index in [2.05, 4.69) is 0 Å². The van der Waals surface area contributed by atoms with Gasteiger partial charge in [0.05, 0.1) is 11.5 Å². The monoisotopic (exact) mass is 301 g/mol. The highest BCUT2D eigenvalue weighted by Gasteiger charge is 2.24. The summed E-state index contributed by atoms with van der Waals surface area (Å²) in [7, 11) is -3.95. The number of hydrogen-bond acceptors (Lipinski definition) is 5. The van der Waals surface area contributed by atoms with Gasteiger partial charge in [-0.25, -0.2) is 13.2 Å². The van der Waals surface area contributed by atoms with E-state index < -0.39 is 22.2 Å². The highest BCUT2D eigenvalue weighted by atomic mass is 32.2. The van der Waals surface area contributed by atoms with Gasteiger partial charge in [-0.3, -0.25) is 0 Å². The molecule has 0 heterocycles. The fourth-order valence-electron chi connectivity index (χ4n) is 1.38. The van der Waals surface area contributed by atoms with Crippen LogP contribution in [0.3, 0.4) is 0 Å². The smallest absolute Gasteiger partial charge is 0.351 e. The van der Waals surface area contributed by atoms with Gasteiger partial charge in [0.1, 0.15) is 0 Å². The van der Waals surface area contributed by atoms with Crippen molar-refractivity contribution in [1.82, 2.24) is 4.72 Å². The molecule has 112 valence electrons. The summed E-state index contributed by atoms with van der Waals surface area (Å²) < 4.78 is 30.4. The summed E-state index contributed by atoms with van der Waals surface area (Å²) in [5, 5.41) is 9.50. The van der Waals surface area contributed by atoms with Crippen LogP contribution in [0, 0.1) is 6.92 Å². The first-order chi connectivity index (χ1) is 9.36. The van der Waals surface area contributed by atoms with Crippen molar-refractivity contribution in [3.63, 3.8) is 0 Å². The minimum Gasteiger partial charge on any atom is -0.463 e. The average Bonchev–Trinajstić information content (AvgIpc) is 2.38. The van der Waals surface area contributed by atoms with Crippen LogP contribution in [0.2, 0.25) is 0 Å². The molecule has 6 nitrogen and oxygen atoms in total. The molecule has 20 heavy (non-hydrogen) atoms. The third-order valence-corrected chi connectivity index (χ3v) is 3.99. The van der Waals surface area contributed by atoms with Crippen molar-refractivity contribution >= 4 is 16.0 Å².